The highest BCUT2D eigenvalue weighted by Gasteiger charge is 2.30. The summed E-state index contributed by atoms with van der Waals surface area (Å²) in [6, 6.07) is 20.6. The van der Waals surface area contributed by atoms with Crippen LogP contribution in [0.4, 0.5) is 0 Å². The SMILES string of the molecule is CCn1c(-c2ccccc2)cnc1S[C@@H](C(=O)NC1CC1)c1ccccc1. The number of hydrogen-bond acceptors (Lipinski definition) is 3. The number of aromatic nitrogens is 2. The monoisotopic (exact) mass is 377 g/mol. The van der Waals surface area contributed by atoms with Gasteiger partial charge in [-0.25, -0.2) is 4.98 Å². The highest BCUT2D eigenvalue weighted by atomic mass is 32.2. The van der Waals surface area contributed by atoms with Crippen molar-refractivity contribution in [2.75, 3.05) is 0 Å². The Bertz CT molecular complexity index is 904. The number of carbonyl (C=O) groups excluding carboxylic acids is 1. The van der Waals surface area contributed by atoms with E-state index in [1.807, 2.05) is 54.7 Å². The maximum atomic E-state index is 12.9. The quantitative estimate of drug-likeness (QED) is 0.608. The highest BCUT2D eigenvalue weighted by molar-refractivity contribution is 8.00. The Kier molecular flexibility index (Phi) is 5.30. The molecular weight excluding hydrogens is 354 g/mol. The standard InChI is InChI=1S/C22H23N3OS/c1-2-25-19(16-9-5-3-6-10-16)15-23-22(25)27-20(17-11-7-4-8-12-17)21(26)24-18-13-14-18/h3-12,15,18,20H,2,13-14H2,1H3,(H,24,26)/t20-/m1/s1. The van der Waals surface area contributed by atoms with Gasteiger partial charge in [0.25, 0.3) is 0 Å². The molecule has 0 spiro atoms. The third-order valence-electron chi connectivity index (χ3n) is 4.69. The minimum absolute atomic E-state index is 0.0700. The fourth-order valence-electron chi connectivity index (χ4n) is 3.11. The van der Waals surface area contributed by atoms with E-state index in [4.69, 9.17) is 0 Å². The second kappa shape index (κ2) is 8.01. The number of amides is 1. The molecule has 4 rings (SSSR count). The molecule has 1 aliphatic carbocycles. The predicted octanol–water partition coefficient (Wildman–Crippen LogP) is 4.68. The molecule has 2 aromatic carbocycles. The summed E-state index contributed by atoms with van der Waals surface area (Å²) >= 11 is 1.53. The first-order valence-electron chi connectivity index (χ1n) is 9.39. The molecule has 138 valence electrons. The van der Waals surface area contributed by atoms with E-state index in [2.05, 4.69) is 33.9 Å². The van der Waals surface area contributed by atoms with Crippen molar-refractivity contribution in [3.8, 4) is 11.3 Å². The van der Waals surface area contributed by atoms with Gasteiger partial charge >= 0.3 is 0 Å². The van der Waals surface area contributed by atoms with Crippen LogP contribution in [0.3, 0.4) is 0 Å². The van der Waals surface area contributed by atoms with Crippen molar-refractivity contribution in [1.29, 1.82) is 0 Å². The van der Waals surface area contributed by atoms with Gasteiger partial charge in [0, 0.05) is 12.6 Å². The lowest BCUT2D eigenvalue weighted by atomic mass is 10.1. The van der Waals surface area contributed by atoms with Crippen molar-refractivity contribution in [3.05, 3.63) is 72.4 Å². The normalized spacial score (nSPS) is 14.7. The summed E-state index contributed by atoms with van der Waals surface area (Å²) in [5, 5.41) is 3.72. The summed E-state index contributed by atoms with van der Waals surface area (Å²) in [5.41, 5.74) is 3.22. The summed E-state index contributed by atoms with van der Waals surface area (Å²) in [6.07, 6.45) is 4.07. The van der Waals surface area contributed by atoms with Crippen LogP contribution >= 0.6 is 11.8 Å². The molecule has 0 saturated heterocycles. The molecule has 3 aromatic rings. The van der Waals surface area contributed by atoms with Crippen LogP contribution in [-0.2, 0) is 11.3 Å². The molecular formula is C22H23N3OS. The van der Waals surface area contributed by atoms with Crippen molar-refractivity contribution in [2.24, 2.45) is 0 Å². The third-order valence-corrected chi connectivity index (χ3v) is 5.95. The van der Waals surface area contributed by atoms with Gasteiger partial charge in [-0.15, -0.1) is 0 Å². The zero-order valence-electron chi connectivity index (χ0n) is 15.3. The van der Waals surface area contributed by atoms with Gasteiger partial charge in [0.1, 0.15) is 5.25 Å². The van der Waals surface area contributed by atoms with Gasteiger partial charge < -0.3 is 9.88 Å². The Labute approximate surface area is 164 Å². The van der Waals surface area contributed by atoms with E-state index in [0.717, 1.165) is 41.4 Å². The average Bonchev–Trinajstić information content (AvgIpc) is 3.43. The van der Waals surface area contributed by atoms with Crippen LogP contribution in [0, 0.1) is 0 Å². The number of imidazole rings is 1. The maximum absolute atomic E-state index is 12.9. The number of nitrogens with one attached hydrogen (secondary N) is 1. The van der Waals surface area contributed by atoms with E-state index in [0.29, 0.717) is 6.04 Å². The summed E-state index contributed by atoms with van der Waals surface area (Å²) in [7, 11) is 0. The van der Waals surface area contributed by atoms with Crippen LogP contribution in [0.1, 0.15) is 30.6 Å². The minimum atomic E-state index is -0.303. The Morgan fingerprint density at radius 1 is 1.15 bits per heavy atom. The number of nitrogens with zero attached hydrogens (tertiary/aromatic N) is 2. The van der Waals surface area contributed by atoms with Crippen LogP contribution in [0.15, 0.2) is 72.0 Å². The lowest BCUT2D eigenvalue weighted by Gasteiger charge is -2.17. The number of rotatable bonds is 7. The molecule has 1 heterocycles. The number of benzene rings is 2. The minimum Gasteiger partial charge on any atom is -0.352 e. The molecule has 0 unspecified atom stereocenters. The first-order valence-corrected chi connectivity index (χ1v) is 10.3. The largest absolute Gasteiger partial charge is 0.352 e. The molecule has 5 heteroatoms. The van der Waals surface area contributed by atoms with Gasteiger partial charge in [0.15, 0.2) is 5.16 Å². The van der Waals surface area contributed by atoms with Crippen molar-refractivity contribution >= 4 is 17.7 Å². The summed E-state index contributed by atoms with van der Waals surface area (Å²) in [6.45, 7) is 2.91. The van der Waals surface area contributed by atoms with Gasteiger partial charge in [0.2, 0.25) is 5.91 Å². The lowest BCUT2D eigenvalue weighted by molar-refractivity contribution is -0.120. The molecule has 1 N–H and O–H groups in total. The molecule has 1 amide bonds. The molecule has 27 heavy (non-hydrogen) atoms. The average molecular weight is 378 g/mol. The first kappa shape index (κ1) is 17.9. The second-order valence-corrected chi connectivity index (χ2v) is 7.80. The van der Waals surface area contributed by atoms with Crippen LogP contribution < -0.4 is 5.32 Å². The van der Waals surface area contributed by atoms with Crippen LogP contribution in [0.2, 0.25) is 0 Å². The van der Waals surface area contributed by atoms with Crippen LogP contribution in [0.25, 0.3) is 11.3 Å². The zero-order valence-corrected chi connectivity index (χ0v) is 16.2. The van der Waals surface area contributed by atoms with Gasteiger partial charge in [-0.3, -0.25) is 4.79 Å². The summed E-state index contributed by atoms with van der Waals surface area (Å²) in [5.74, 6) is 0.0700. The van der Waals surface area contributed by atoms with Gasteiger partial charge in [-0.1, -0.05) is 72.4 Å². The lowest BCUT2D eigenvalue weighted by Crippen LogP contribution is -2.30. The highest BCUT2D eigenvalue weighted by Crippen LogP contribution is 2.37. The topological polar surface area (TPSA) is 46.9 Å². The van der Waals surface area contributed by atoms with E-state index < -0.39 is 0 Å². The smallest absolute Gasteiger partial charge is 0.238 e. The fraction of sp³-hybridized carbons (Fsp3) is 0.273. The Hall–Kier alpha value is -2.53. The van der Waals surface area contributed by atoms with E-state index in [-0.39, 0.29) is 11.2 Å². The van der Waals surface area contributed by atoms with E-state index in [1.54, 1.807) is 0 Å². The third kappa shape index (κ3) is 4.08. The molecule has 0 aliphatic heterocycles. The number of hydrogen-bond donors (Lipinski definition) is 1. The van der Waals surface area contributed by atoms with Crippen molar-refractivity contribution < 1.29 is 4.79 Å². The first-order chi connectivity index (χ1) is 13.3. The van der Waals surface area contributed by atoms with E-state index >= 15 is 0 Å². The fourth-order valence-corrected chi connectivity index (χ4v) is 4.26. The van der Waals surface area contributed by atoms with Crippen LogP contribution in [0.5, 0.6) is 0 Å². The van der Waals surface area contributed by atoms with Crippen LogP contribution in [-0.4, -0.2) is 21.5 Å². The Morgan fingerprint density at radius 3 is 2.44 bits per heavy atom. The van der Waals surface area contributed by atoms with E-state index in [9.17, 15) is 4.79 Å². The summed E-state index contributed by atoms with van der Waals surface area (Å²) < 4.78 is 2.18. The van der Waals surface area contributed by atoms with Crippen molar-refractivity contribution in [1.82, 2.24) is 14.9 Å². The van der Waals surface area contributed by atoms with Gasteiger partial charge in [-0.05, 0) is 30.9 Å². The van der Waals surface area contributed by atoms with Gasteiger partial charge in [0.05, 0.1) is 11.9 Å². The number of carbonyl (C=O) groups is 1. The predicted molar refractivity (Wildman–Crippen MR) is 110 cm³/mol. The maximum Gasteiger partial charge on any atom is 0.238 e. The molecule has 4 nitrogen and oxygen atoms in total. The van der Waals surface area contributed by atoms with Crippen molar-refractivity contribution in [3.63, 3.8) is 0 Å². The number of thioether (sulfide) groups is 1. The van der Waals surface area contributed by atoms with Gasteiger partial charge in [-0.2, -0.15) is 0 Å². The summed E-state index contributed by atoms with van der Waals surface area (Å²) in [4.78, 5) is 17.6. The Morgan fingerprint density at radius 2 is 1.81 bits per heavy atom. The second-order valence-electron chi connectivity index (χ2n) is 6.73. The molecule has 1 atom stereocenters. The molecule has 0 radical (unpaired) electrons. The molecule has 1 fully saturated rings. The molecule has 1 aromatic heterocycles. The van der Waals surface area contributed by atoms with E-state index in [1.165, 1.54) is 11.8 Å². The molecule has 0 bridgehead atoms. The van der Waals surface area contributed by atoms with Crippen molar-refractivity contribution in [2.45, 2.75) is 42.8 Å². The Balaban J connectivity index is 1.65. The molecule has 1 saturated carbocycles. The zero-order chi connectivity index (χ0) is 18.6. The molecule has 1 aliphatic rings.